The van der Waals surface area contributed by atoms with Crippen molar-refractivity contribution in [1.29, 1.82) is 0 Å². The minimum Gasteiger partial charge on any atom is -0.424 e. The molecular weight excluding hydrogens is 311 g/mol. The minimum absolute atomic E-state index is 0.168. The van der Waals surface area contributed by atoms with Crippen molar-refractivity contribution in [2.45, 2.75) is 38.9 Å². The van der Waals surface area contributed by atoms with E-state index in [9.17, 15) is 0 Å². The number of hydrogen-bond donors (Lipinski definition) is 2. The monoisotopic (exact) mass is 332 g/mol. The summed E-state index contributed by atoms with van der Waals surface area (Å²) in [5.74, 6) is 0.538. The minimum atomic E-state index is -0.407. The van der Waals surface area contributed by atoms with E-state index in [1.54, 1.807) is 0 Å². The Bertz CT molecular complexity index is 754. The summed E-state index contributed by atoms with van der Waals surface area (Å²) >= 11 is 4.43. The molecule has 3 rings (SSSR count). The van der Waals surface area contributed by atoms with Crippen LogP contribution in [0.5, 0.6) is 0 Å². The Kier molecular flexibility index (Phi) is 3.98. The van der Waals surface area contributed by atoms with Gasteiger partial charge in [0, 0.05) is 5.75 Å². The van der Waals surface area contributed by atoms with Crippen LogP contribution in [0.15, 0.2) is 28.1 Å². The number of nitrogens with two attached hydrogens (primary N) is 1. The number of nitrogen functional groups attached to an aromatic ring is 1. The number of aromatic nitrogens is 1. The number of thiol groups is 1. The molecule has 0 unspecified atom stereocenters. The van der Waals surface area contributed by atoms with Gasteiger partial charge in [0.25, 0.3) is 6.01 Å². The van der Waals surface area contributed by atoms with Crippen LogP contribution < -0.4 is 5.73 Å². The van der Waals surface area contributed by atoms with Gasteiger partial charge < -0.3 is 19.5 Å². The first-order chi connectivity index (χ1) is 10.7. The molecular formula is C16H21BN2O3S. The average molecular weight is 332 g/mol. The van der Waals surface area contributed by atoms with Crippen LogP contribution in [0.1, 0.15) is 33.3 Å². The van der Waals surface area contributed by atoms with Crippen LogP contribution in [-0.2, 0) is 9.31 Å². The van der Waals surface area contributed by atoms with Gasteiger partial charge in [0.15, 0.2) is 5.58 Å². The molecule has 2 heterocycles. The third-order valence-corrected chi connectivity index (χ3v) is 4.88. The van der Waals surface area contributed by atoms with Crippen LogP contribution in [0.3, 0.4) is 0 Å². The number of oxazole rings is 1. The predicted molar refractivity (Wildman–Crippen MR) is 96.3 cm³/mol. The largest absolute Gasteiger partial charge is 0.491 e. The molecule has 2 aromatic rings. The first kappa shape index (κ1) is 16.4. The van der Waals surface area contributed by atoms with Crippen molar-refractivity contribution < 1.29 is 13.7 Å². The van der Waals surface area contributed by atoms with Gasteiger partial charge in [-0.1, -0.05) is 12.1 Å². The number of rotatable bonds is 3. The third kappa shape index (κ3) is 3.01. The van der Waals surface area contributed by atoms with E-state index in [4.69, 9.17) is 19.5 Å². The van der Waals surface area contributed by atoms with Crippen molar-refractivity contribution in [1.82, 2.24) is 4.98 Å². The Balaban J connectivity index is 1.92. The lowest BCUT2D eigenvalue weighted by Gasteiger charge is -2.32. The van der Waals surface area contributed by atoms with Gasteiger partial charge in [0.05, 0.1) is 11.2 Å². The molecule has 1 aliphatic rings. The second kappa shape index (κ2) is 5.58. The van der Waals surface area contributed by atoms with Gasteiger partial charge >= 0.3 is 7.12 Å². The molecule has 1 aromatic carbocycles. The summed E-state index contributed by atoms with van der Waals surface area (Å²) in [6.45, 7) is 8.14. The highest BCUT2D eigenvalue weighted by Crippen LogP contribution is 2.39. The molecule has 1 fully saturated rings. The molecule has 0 radical (unpaired) electrons. The van der Waals surface area contributed by atoms with Gasteiger partial charge in [-0.2, -0.15) is 17.6 Å². The first-order valence-electron chi connectivity index (χ1n) is 7.55. The van der Waals surface area contributed by atoms with Gasteiger partial charge in [0.2, 0.25) is 0 Å². The molecule has 5 nitrogen and oxygen atoms in total. The summed E-state index contributed by atoms with van der Waals surface area (Å²) in [6, 6.07) is 5.89. The van der Waals surface area contributed by atoms with Gasteiger partial charge in [0.1, 0.15) is 5.52 Å². The van der Waals surface area contributed by atoms with E-state index in [1.807, 2.05) is 52.0 Å². The fourth-order valence-corrected chi connectivity index (χ4v) is 2.69. The van der Waals surface area contributed by atoms with Crippen LogP contribution in [0.4, 0.5) is 6.01 Å². The highest BCUT2D eigenvalue weighted by atomic mass is 32.1. The zero-order valence-electron chi connectivity index (χ0n) is 13.8. The van der Waals surface area contributed by atoms with E-state index < -0.39 is 7.12 Å². The predicted octanol–water partition coefficient (Wildman–Crippen LogP) is 3.35. The molecule has 0 bridgehead atoms. The average Bonchev–Trinajstić information content (AvgIpc) is 2.91. The van der Waals surface area contributed by atoms with Crippen molar-refractivity contribution in [3.63, 3.8) is 0 Å². The van der Waals surface area contributed by atoms with E-state index in [0.717, 1.165) is 16.6 Å². The Labute approximate surface area is 141 Å². The molecule has 0 aliphatic carbocycles. The Morgan fingerprint density at radius 2 is 1.91 bits per heavy atom. The number of nitrogens with zero attached hydrogens (tertiary/aromatic N) is 1. The lowest BCUT2D eigenvalue weighted by Crippen LogP contribution is -2.41. The van der Waals surface area contributed by atoms with Crippen molar-refractivity contribution in [3.05, 3.63) is 29.2 Å². The quantitative estimate of drug-likeness (QED) is 0.666. The van der Waals surface area contributed by atoms with Crippen molar-refractivity contribution >= 4 is 42.9 Å². The second-order valence-electron chi connectivity index (χ2n) is 6.74. The molecule has 0 saturated carbocycles. The van der Waals surface area contributed by atoms with Crippen LogP contribution in [-0.4, -0.2) is 29.1 Å². The van der Waals surface area contributed by atoms with Gasteiger partial charge in [-0.3, -0.25) is 0 Å². The summed E-state index contributed by atoms with van der Waals surface area (Å²) in [6.07, 6.45) is 2.01. The summed E-state index contributed by atoms with van der Waals surface area (Å²) in [7, 11) is -0.407. The summed E-state index contributed by atoms with van der Waals surface area (Å²) < 4.78 is 17.5. The van der Waals surface area contributed by atoms with Gasteiger partial charge in [-0.25, -0.2) is 0 Å². The van der Waals surface area contributed by atoms with Crippen LogP contribution in [0.2, 0.25) is 0 Å². The van der Waals surface area contributed by atoms with E-state index in [-0.39, 0.29) is 17.2 Å². The Hall–Kier alpha value is -1.44. The van der Waals surface area contributed by atoms with Crippen LogP contribution in [0.25, 0.3) is 17.2 Å². The summed E-state index contributed by atoms with van der Waals surface area (Å²) in [5.41, 5.74) is 8.17. The molecule has 1 aliphatic heterocycles. The smallest absolute Gasteiger partial charge is 0.424 e. The van der Waals surface area contributed by atoms with Crippen molar-refractivity contribution in [2.75, 3.05) is 11.5 Å². The molecule has 0 spiro atoms. The number of fused-ring (bicyclic) bond motifs is 1. The molecule has 7 heteroatoms. The molecule has 0 atom stereocenters. The number of hydrogen-bond acceptors (Lipinski definition) is 6. The molecule has 23 heavy (non-hydrogen) atoms. The van der Waals surface area contributed by atoms with Crippen molar-refractivity contribution in [2.24, 2.45) is 0 Å². The number of benzene rings is 1. The maximum atomic E-state index is 6.09. The lowest BCUT2D eigenvalue weighted by molar-refractivity contribution is 0.00578. The van der Waals surface area contributed by atoms with Crippen LogP contribution in [0, 0.1) is 0 Å². The Morgan fingerprint density at radius 3 is 2.52 bits per heavy atom. The molecule has 1 aromatic heterocycles. The lowest BCUT2D eigenvalue weighted by atomic mass is 9.78. The molecule has 0 amide bonds. The maximum absolute atomic E-state index is 6.09. The number of anilines is 1. The van der Waals surface area contributed by atoms with Crippen molar-refractivity contribution in [3.8, 4) is 0 Å². The SMILES string of the molecule is CC1(C)OB(C(=Cc2ccc3oc(N)nc3c2)CS)OC1(C)C. The molecule has 1 saturated heterocycles. The fourth-order valence-electron chi connectivity index (χ4n) is 2.45. The zero-order chi connectivity index (χ0) is 16.8. The Morgan fingerprint density at radius 1 is 1.26 bits per heavy atom. The summed E-state index contributed by atoms with van der Waals surface area (Å²) in [4.78, 5) is 4.15. The van der Waals surface area contributed by atoms with E-state index in [1.165, 1.54) is 0 Å². The van der Waals surface area contributed by atoms with Gasteiger partial charge in [-0.05, 0) is 50.9 Å². The normalized spacial score (nSPS) is 20.4. The maximum Gasteiger partial charge on any atom is 0.491 e. The van der Waals surface area contributed by atoms with Crippen LogP contribution >= 0.6 is 12.6 Å². The van der Waals surface area contributed by atoms with Gasteiger partial charge in [-0.15, -0.1) is 0 Å². The van der Waals surface area contributed by atoms with E-state index in [2.05, 4.69) is 17.6 Å². The standard InChI is InChI=1S/C16H21BN2O3S/c1-15(2)16(3,4)22-17(21-15)11(9-23)7-10-5-6-13-12(8-10)19-14(18)20-13/h5-8,23H,9H2,1-4H3,(H2,18,19). The van der Waals surface area contributed by atoms with E-state index >= 15 is 0 Å². The topological polar surface area (TPSA) is 70.5 Å². The molecule has 2 N–H and O–H groups in total. The second-order valence-corrected chi connectivity index (χ2v) is 7.06. The highest BCUT2D eigenvalue weighted by Gasteiger charge is 2.52. The fraction of sp³-hybridized carbons (Fsp3) is 0.438. The van der Waals surface area contributed by atoms with E-state index in [0.29, 0.717) is 11.3 Å². The first-order valence-corrected chi connectivity index (χ1v) is 8.18. The zero-order valence-corrected chi connectivity index (χ0v) is 14.7. The summed E-state index contributed by atoms with van der Waals surface area (Å²) in [5, 5.41) is 0. The third-order valence-electron chi connectivity index (χ3n) is 4.52. The highest BCUT2D eigenvalue weighted by molar-refractivity contribution is 7.80. The molecule has 122 valence electrons.